The molecule has 2 aliphatic heterocycles. The van der Waals surface area contributed by atoms with Gasteiger partial charge in [0.05, 0.1) is 22.4 Å². The predicted octanol–water partition coefficient (Wildman–Crippen LogP) is 6.18. The van der Waals surface area contributed by atoms with Crippen molar-refractivity contribution in [2.24, 2.45) is 0 Å². The summed E-state index contributed by atoms with van der Waals surface area (Å²) in [6, 6.07) is 9.64. The molecule has 0 saturated carbocycles. The molecule has 6 rings (SSSR count). The SMILES string of the molecule is Cc1cc(Oc2c(F)cccc2F)ccc1N1C(=O)Nc2c(C(=O)NC3CCCN(C)C3)sc3nccc1c23. The van der Waals surface area contributed by atoms with Crippen LogP contribution in [0.3, 0.4) is 0 Å². The number of thiophene rings is 1. The first kappa shape index (κ1) is 25.2. The zero-order valence-electron chi connectivity index (χ0n) is 21.3. The number of nitrogens with one attached hydrogen (secondary N) is 2. The Kier molecular flexibility index (Phi) is 6.40. The Labute approximate surface area is 227 Å². The summed E-state index contributed by atoms with van der Waals surface area (Å²) >= 11 is 1.24. The van der Waals surface area contributed by atoms with Crippen molar-refractivity contribution in [2.75, 3.05) is 30.4 Å². The molecule has 1 unspecified atom stereocenters. The molecule has 11 heteroatoms. The number of piperidine rings is 1. The summed E-state index contributed by atoms with van der Waals surface area (Å²) in [4.78, 5) is 35.9. The van der Waals surface area contributed by atoms with Gasteiger partial charge in [-0.3, -0.25) is 9.69 Å². The molecule has 4 aromatic rings. The number of amides is 3. The van der Waals surface area contributed by atoms with Gasteiger partial charge in [0.1, 0.15) is 15.5 Å². The first-order chi connectivity index (χ1) is 18.8. The molecule has 2 aromatic heterocycles. The topological polar surface area (TPSA) is 86.8 Å². The Bertz CT molecular complexity index is 1600. The number of likely N-dealkylation sites (N-methyl/N-ethyl adjacent to an activating group) is 1. The lowest BCUT2D eigenvalue weighted by Gasteiger charge is -2.31. The number of benzene rings is 2. The molecule has 8 nitrogen and oxygen atoms in total. The number of aromatic nitrogens is 1. The Hall–Kier alpha value is -4.09. The number of hydrogen-bond donors (Lipinski definition) is 2. The fraction of sp³-hybridized carbons (Fsp3) is 0.250. The summed E-state index contributed by atoms with van der Waals surface area (Å²) < 4.78 is 33.6. The third-order valence-electron chi connectivity index (χ3n) is 6.96. The maximum atomic E-state index is 14.1. The van der Waals surface area contributed by atoms with Gasteiger partial charge in [-0.05, 0) is 75.3 Å². The number of carbonyl (C=O) groups excluding carboxylic acids is 2. The number of hydrogen-bond acceptors (Lipinski definition) is 6. The minimum Gasteiger partial charge on any atom is -0.451 e. The van der Waals surface area contributed by atoms with Crippen molar-refractivity contribution in [3.63, 3.8) is 0 Å². The van der Waals surface area contributed by atoms with Gasteiger partial charge in [0.25, 0.3) is 5.91 Å². The summed E-state index contributed by atoms with van der Waals surface area (Å²) in [5.41, 5.74) is 2.23. The number of halogens is 2. The van der Waals surface area contributed by atoms with E-state index in [1.165, 1.54) is 22.3 Å². The molecule has 0 spiro atoms. The van der Waals surface area contributed by atoms with Crippen LogP contribution in [-0.4, -0.2) is 48.0 Å². The fourth-order valence-corrected chi connectivity index (χ4v) is 6.18. The summed E-state index contributed by atoms with van der Waals surface area (Å²) in [5, 5.41) is 6.70. The zero-order chi connectivity index (χ0) is 27.3. The Morgan fingerprint density at radius 2 is 1.97 bits per heavy atom. The molecule has 0 bridgehead atoms. The number of aryl methyl sites for hydroxylation is 1. The fourth-order valence-electron chi connectivity index (χ4n) is 5.16. The zero-order valence-corrected chi connectivity index (χ0v) is 22.1. The van der Waals surface area contributed by atoms with E-state index in [-0.39, 0.29) is 17.7 Å². The highest BCUT2D eigenvalue weighted by Crippen LogP contribution is 2.46. The van der Waals surface area contributed by atoms with Crippen LogP contribution in [0.25, 0.3) is 10.2 Å². The molecule has 2 aromatic carbocycles. The van der Waals surface area contributed by atoms with Crippen molar-refractivity contribution < 1.29 is 23.1 Å². The third-order valence-corrected chi connectivity index (χ3v) is 8.06. The lowest BCUT2D eigenvalue weighted by Crippen LogP contribution is -2.46. The molecule has 4 heterocycles. The van der Waals surface area contributed by atoms with Gasteiger partial charge in [-0.2, -0.15) is 0 Å². The Morgan fingerprint density at radius 3 is 2.72 bits per heavy atom. The van der Waals surface area contributed by atoms with E-state index >= 15 is 0 Å². The van der Waals surface area contributed by atoms with E-state index in [0.29, 0.717) is 37.7 Å². The van der Waals surface area contributed by atoms with Crippen molar-refractivity contribution in [3.05, 3.63) is 70.7 Å². The summed E-state index contributed by atoms with van der Waals surface area (Å²) in [6.07, 6.45) is 3.52. The highest BCUT2D eigenvalue weighted by Gasteiger charge is 2.34. The van der Waals surface area contributed by atoms with E-state index < -0.39 is 23.4 Å². The number of urea groups is 1. The van der Waals surface area contributed by atoms with Gasteiger partial charge in [-0.1, -0.05) is 6.07 Å². The van der Waals surface area contributed by atoms with Crippen LogP contribution in [0.1, 0.15) is 28.1 Å². The summed E-state index contributed by atoms with van der Waals surface area (Å²) in [5.74, 6) is -2.13. The molecule has 2 aliphatic rings. The van der Waals surface area contributed by atoms with Gasteiger partial charge in [0.2, 0.25) is 0 Å². The van der Waals surface area contributed by atoms with Gasteiger partial charge in [-0.25, -0.2) is 18.6 Å². The lowest BCUT2D eigenvalue weighted by molar-refractivity contribution is 0.0917. The van der Waals surface area contributed by atoms with E-state index in [1.54, 1.807) is 37.4 Å². The maximum absolute atomic E-state index is 14.1. The third kappa shape index (κ3) is 4.57. The highest BCUT2D eigenvalue weighted by atomic mass is 32.1. The quantitative estimate of drug-likeness (QED) is 0.310. The van der Waals surface area contributed by atoms with Crippen molar-refractivity contribution in [2.45, 2.75) is 25.8 Å². The monoisotopic (exact) mass is 549 g/mol. The molecule has 1 fully saturated rings. The Balaban J connectivity index is 1.33. The van der Waals surface area contributed by atoms with Gasteiger partial charge >= 0.3 is 6.03 Å². The molecule has 200 valence electrons. The number of nitrogens with zero attached hydrogens (tertiary/aromatic N) is 3. The smallest absolute Gasteiger partial charge is 0.331 e. The van der Waals surface area contributed by atoms with Crippen LogP contribution < -0.4 is 20.3 Å². The average molecular weight is 550 g/mol. The van der Waals surface area contributed by atoms with Crippen molar-refractivity contribution in [3.8, 4) is 11.5 Å². The molecule has 0 aliphatic carbocycles. The summed E-state index contributed by atoms with van der Waals surface area (Å²) in [7, 11) is 2.03. The number of carbonyl (C=O) groups is 2. The second-order valence-corrected chi connectivity index (χ2v) is 10.8. The van der Waals surface area contributed by atoms with Crippen LogP contribution in [0.4, 0.5) is 30.6 Å². The molecule has 1 saturated heterocycles. The van der Waals surface area contributed by atoms with Crippen molar-refractivity contribution >= 4 is 50.6 Å². The van der Waals surface area contributed by atoms with Gasteiger partial charge < -0.3 is 20.3 Å². The standard InChI is InChI=1S/C28H25F2N5O3S/c1-15-13-17(38-24-18(29)6-3-7-19(24)30)8-9-20(15)35-21-10-11-31-27-22(21)23(33-28(35)37)25(39-27)26(36)32-16-5-4-12-34(2)14-16/h3,6-11,13,16H,4-5,12,14H2,1-2H3,(H,32,36)(H,33,37). The summed E-state index contributed by atoms with van der Waals surface area (Å²) in [6.45, 7) is 3.55. The van der Waals surface area contributed by atoms with E-state index in [0.717, 1.165) is 38.1 Å². The van der Waals surface area contributed by atoms with Crippen LogP contribution in [-0.2, 0) is 0 Å². The van der Waals surface area contributed by atoms with E-state index in [4.69, 9.17) is 4.74 Å². The maximum Gasteiger partial charge on any atom is 0.331 e. The van der Waals surface area contributed by atoms with Crippen LogP contribution in [0.2, 0.25) is 0 Å². The molecular weight excluding hydrogens is 524 g/mol. The first-order valence-electron chi connectivity index (χ1n) is 12.5. The molecule has 2 N–H and O–H groups in total. The normalized spacial score (nSPS) is 17.3. The number of ether oxygens (including phenoxy) is 1. The Morgan fingerprint density at radius 1 is 1.18 bits per heavy atom. The molecule has 0 radical (unpaired) electrons. The lowest BCUT2D eigenvalue weighted by atomic mass is 10.1. The van der Waals surface area contributed by atoms with Gasteiger partial charge in [0, 0.05) is 18.8 Å². The largest absolute Gasteiger partial charge is 0.451 e. The van der Waals surface area contributed by atoms with Crippen molar-refractivity contribution in [1.29, 1.82) is 0 Å². The minimum absolute atomic E-state index is 0.0399. The number of anilines is 3. The number of pyridine rings is 1. The number of likely N-dealkylation sites (tertiary alicyclic amines) is 1. The van der Waals surface area contributed by atoms with E-state index in [1.807, 2.05) is 7.05 Å². The predicted molar refractivity (Wildman–Crippen MR) is 146 cm³/mol. The average Bonchev–Trinajstić information content (AvgIpc) is 3.27. The second kappa shape index (κ2) is 9.90. The molecular formula is C28H25F2N5O3S. The van der Waals surface area contributed by atoms with E-state index in [9.17, 15) is 18.4 Å². The van der Waals surface area contributed by atoms with Gasteiger partial charge in [0.15, 0.2) is 17.4 Å². The number of para-hydroxylation sites is 1. The number of rotatable bonds is 5. The molecule has 3 amide bonds. The van der Waals surface area contributed by atoms with Crippen molar-refractivity contribution in [1.82, 2.24) is 15.2 Å². The second-order valence-electron chi connectivity index (χ2n) is 9.76. The first-order valence-corrected chi connectivity index (χ1v) is 13.4. The van der Waals surface area contributed by atoms with Crippen LogP contribution >= 0.6 is 11.3 Å². The van der Waals surface area contributed by atoms with Crippen LogP contribution in [0.5, 0.6) is 11.5 Å². The van der Waals surface area contributed by atoms with Crippen LogP contribution in [0.15, 0.2) is 48.7 Å². The van der Waals surface area contributed by atoms with Crippen LogP contribution in [0, 0.1) is 18.6 Å². The van der Waals surface area contributed by atoms with E-state index in [2.05, 4.69) is 20.5 Å². The highest BCUT2D eigenvalue weighted by molar-refractivity contribution is 7.21. The minimum atomic E-state index is -0.813. The van der Waals surface area contributed by atoms with Gasteiger partial charge in [-0.15, -0.1) is 11.3 Å². The molecule has 39 heavy (non-hydrogen) atoms. The molecule has 1 atom stereocenters.